The minimum Gasteiger partial charge on any atom is -0.497 e. The molecule has 3 heteroatoms. The van der Waals surface area contributed by atoms with E-state index in [4.69, 9.17) is 27.9 Å². The van der Waals surface area contributed by atoms with Crippen LogP contribution in [-0.4, -0.2) is 7.11 Å². The van der Waals surface area contributed by atoms with Gasteiger partial charge in [-0.15, -0.1) is 0 Å². The molecule has 0 atom stereocenters. The smallest absolute Gasteiger partial charge is 0.115 e. The molecule has 1 aliphatic carbocycles. The summed E-state index contributed by atoms with van der Waals surface area (Å²) in [5.74, 6) is 0.910. The Bertz CT molecular complexity index is 461. The van der Waals surface area contributed by atoms with Gasteiger partial charge >= 0.3 is 0 Å². The van der Waals surface area contributed by atoms with Gasteiger partial charge in [0.1, 0.15) is 5.76 Å². The zero-order chi connectivity index (χ0) is 11.5. The second kappa shape index (κ2) is 4.94. The number of ether oxygens (including phenoxy) is 1. The van der Waals surface area contributed by atoms with E-state index in [-0.39, 0.29) is 0 Å². The Morgan fingerprint density at radius 1 is 1.19 bits per heavy atom. The molecule has 2 rings (SSSR count). The van der Waals surface area contributed by atoms with E-state index < -0.39 is 0 Å². The number of halogens is 2. The first kappa shape index (κ1) is 11.6. The van der Waals surface area contributed by atoms with Gasteiger partial charge in [0.15, 0.2) is 0 Å². The molecule has 1 nitrogen and oxygen atoms in total. The maximum atomic E-state index is 6.00. The van der Waals surface area contributed by atoms with Crippen LogP contribution in [0.3, 0.4) is 0 Å². The van der Waals surface area contributed by atoms with Gasteiger partial charge in [-0.2, -0.15) is 0 Å². The van der Waals surface area contributed by atoms with E-state index in [0.717, 1.165) is 24.2 Å². The SMILES string of the molecule is COC1=CCCC(c2ccc(Cl)c(Cl)c2)=C1. The van der Waals surface area contributed by atoms with Crippen molar-refractivity contribution in [2.24, 2.45) is 0 Å². The van der Waals surface area contributed by atoms with Gasteiger partial charge in [0, 0.05) is 0 Å². The molecular weight excluding hydrogens is 243 g/mol. The maximum Gasteiger partial charge on any atom is 0.115 e. The number of hydrogen-bond donors (Lipinski definition) is 0. The molecule has 0 fully saturated rings. The van der Waals surface area contributed by atoms with Crippen molar-refractivity contribution in [3.05, 3.63) is 51.7 Å². The molecular formula is C13H12Cl2O. The molecule has 1 aliphatic rings. The van der Waals surface area contributed by atoms with Crippen LogP contribution in [0.2, 0.25) is 10.0 Å². The van der Waals surface area contributed by atoms with Crippen LogP contribution in [-0.2, 0) is 4.74 Å². The van der Waals surface area contributed by atoms with E-state index in [0.29, 0.717) is 10.0 Å². The molecule has 0 saturated heterocycles. The average Bonchev–Trinajstić information content (AvgIpc) is 2.33. The third-order valence-electron chi connectivity index (χ3n) is 2.60. The standard InChI is InChI=1S/C13H12Cl2O/c1-16-11-4-2-3-9(7-11)10-5-6-12(14)13(15)8-10/h4-8H,2-3H2,1H3. The van der Waals surface area contributed by atoms with Crippen molar-refractivity contribution in [3.8, 4) is 0 Å². The van der Waals surface area contributed by atoms with Crippen molar-refractivity contribution in [1.29, 1.82) is 0 Å². The van der Waals surface area contributed by atoms with Gasteiger partial charge in [-0.25, -0.2) is 0 Å². The summed E-state index contributed by atoms with van der Waals surface area (Å²) in [5, 5.41) is 1.18. The van der Waals surface area contributed by atoms with Gasteiger partial charge in [-0.1, -0.05) is 29.3 Å². The molecule has 16 heavy (non-hydrogen) atoms. The van der Waals surface area contributed by atoms with Crippen molar-refractivity contribution < 1.29 is 4.74 Å². The number of allylic oxidation sites excluding steroid dienone is 3. The van der Waals surface area contributed by atoms with E-state index in [1.54, 1.807) is 7.11 Å². The monoisotopic (exact) mass is 254 g/mol. The Labute approximate surface area is 105 Å². The summed E-state index contributed by atoms with van der Waals surface area (Å²) in [6.45, 7) is 0. The summed E-state index contributed by atoms with van der Waals surface area (Å²) in [5.41, 5.74) is 2.34. The lowest BCUT2D eigenvalue weighted by molar-refractivity contribution is 0.304. The Hall–Kier alpha value is -0.920. The minimum atomic E-state index is 0.587. The maximum absolute atomic E-state index is 6.00. The van der Waals surface area contributed by atoms with Crippen molar-refractivity contribution in [3.63, 3.8) is 0 Å². The Kier molecular flexibility index (Phi) is 3.57. The van der Waals surface area contributed by atoms with E-state index in [1.165, 1.54) is 5.57 Å². The van der Waals surface area contributed by atoms with Gasteiger partial charge in [0.05, 0.1) is 17.2 Å². The van der Waals surface area contributed by atoms with Crippen molar-refractivity contribution in [2.45, 2.75) is 12.8 Å². The molecule has 0 unspecified atom stereocenters. The molecule has 0 radical (unpaired) electrons. The number of benzene rings is 1. The fourth-order valence-corrected chi connectivity index (χ4v) is 2.04. The largest absolute Gasteiger partial charge is 0.497 e. The third kappa shape index (κ3) is 2.42. The van der Waals surface area contributed by atoms with E-state index in [1.807, 2.05) is 24.3 Å². The number of hydrogen-bond acceptors (Lipinski definition) is 1. The highest BCUT2D eigenvalue weighted by molar-refractivity contribution is 6.42. The molecule has 1 aromatic rings. The van der Waals surface area contributed by atoms with Crippen LogP contribution in [0.4, 0.5) is 0 Å². The van der Waals surface area contributed by atoms with Crippen LogP contribution in [0.25, 0.3) is 5.57 Å². The van der Waals surface area contributed by atoms with E-state index in [2.05, 4.69) is 6.08 Å². The van der Waals surface area contributed by atoms with Crippen LogP contribution in [0.5, 0.6) is 0 Å². The van der Waals surface area contributed by atoms with Crippen molar-refractivity contribution in [2.75, 3.05) is 7.11 Å². The second-order valence-electron chi connectivity index (χ2n) is 3.65. The van der Waals surface area contributed by atoms with Crippen molar-refractivity contribution >= 4 is 28.8 Å². The lowest BCUT2D eigenvalue weighted by Gasteiger charge is -2.13. The topological polar surface area (TPSA) is 9.23 Å². The number of rotatable bonds is 2. The molecule has 1 aromatic carbocycles. The summed E-state index contributed by atoms with van der Waals surface area (Å²) in [6.07, 6.45) is 6.13. The first-order chi connectivity index (χ1) is 7.70. The highest BCUT2D eigenvalue weighted by Crippen LogP contribution is 2.31. The zero-order valence-electron chi connectivity index (χ0n) is 8.97. The van der Waals surface area contributed by atoms with Crippen LogP contribution >= 0.6 is 23.2 Å². The Morgan fingerprint density at radius 3 is 2.69 bits per heavy atom. The first-order valence-corrected chi connectivity index (χ1v) is 5.86. The highest BCUT2D eigenvalue weighted by Gasteiger charge is 2.09. The van der Waals surface area contributed by atoms with Gasteiger partial charge in [-0.05, 0) is 48.3 Å². The lowest BCUT2D eigenvalue weighted by atomic mass is 9.97. The first-order valence-electron chi connectivity index (χ1n) is 5.11. The molecule has 0 aliphatic heterocycles. The third-order valence-corrected chi connectivity index (χ3v) is 3.34. The van der Waals surface area contributed by atoms with Crippen LogP contribution in [0.15, 0.2) is 36.1 Å². The van der Waals surface area contributed by atoms with Crippen LogP contribution in [0, 0.1) is 0 Å². The van der Waals surface area contributed by atoms with Gasteiger partial charge in [0.2, 0.25) is 0 Å². The van der Waals surface area contributed by atoms with E-state index >= 15 is 0 Å². The Morgan fingerprint density at radius 2 is 2.00 bits per heavy atom. The molecule has 0 bridgehead atoms. The molecule has 0 spiro atoms. The summed E-state index contributed by atoms with van der Waals surface area (Å²) in [6, 6.07) is 5.71. The van der Waals surface area contributed by atoms with Gasteiger partial charge in [0.25, 0.3) is 0 Å². The summed E-state index contributed by atoms with van der Waals surface area (Å²) in [4.78, 5) is 0. The predicted molar refractivity (Wildman–Crippen MR) is 68.8 cm³/mol. The number of methoxy groups -OCH3 is 1. The highest BCUT2D eigenvalue weighted by atomic mass is 35.5. The Balaban J connectivity index is 2.34. The van der Waals surface area contributed by atoms with Crippen LogP contribution < -0.4 is 0 Å². The molecule has 0 saturated carbocycles. The predicted octanol–water partition coefficient (Wildman–Crippen LogP) is 4.70. The van der Waals surface area contributed by atoms with Gasteiger partial charge in [-0.3, -0.25) is 0 Å². The molecule has 0 N–H and O–H groups in total. The minimum absolute atomic E-state index is 0.587. The lowest BCUT2D eigenvalue weighted by Crippen LogP contribution is -1.94. The summed E-state index contributed by atoms with van der Waals surface area (Å²) < 4.78 is 5.22. The fraction of sp³-hybridized carbons (Fsp3) is 0.231. The van der Waals surface area contributed by atoms with Crippen LogP contribution in [0.1, 0.15) is 18.4 Å². The fourth-order valence-electron chi connectivity index (χ4n) is 1.74. The van der Waals surface area contributed by atoms with E-state index in [9.17, 15) is 0 Å². The average molecular weight is 255 g/mol. The quantitative estimate of drug-likeness (QED) is 0.744. The molecule has 0 amide bonds. The van der Waals surface area contributed by atoms with Crippen molar-refractivity contribution in [1.82, 2.24) is 0 Å². The summed E-state index contributed by atoms with van der Waals surface area (Å²) in [7, 11) is 1.68. The second-order valence-corrected chi connectivity index (χ2v) is 4.46. The molecule has 0 heterocycles. The van der Waals surface area contributed by atoms with Gasteiger partial charge < -0.3 is 4.74 Å². The molecule has 84 valence electrons. The summed E-state index contributed by atoms with van der Waals surface area (Å²) >= 11 is 11.9. The normalized spacial score (nSPS) is 15.4. The molecule has 0 aromatic heterocycles. The zero-order valence-corrected chi connectivity index (χ0v) is 10.5.